The molecule has 3 nitrogen and oxygen atoms in total. The second-order valence-corrected chi connectivity index (χ2v) is 7.28. The molecule has 4 heteroatoms. The van der Waals surface area contributed by atoms with Gasteiger partial charge in [-0.15, -0.1) is 11.3 Å². The average molecular weight is 281 g/mol. The highest BCUT2D eigenvalue weighted by molar-refractivity contribution is 7.11. The molecule has 0 amide bonds. The summed E-state index contributed by atoms with van der Waals surface area (Å²) >= 11 is 1.88. The van der Waals surface area contributed by atoms with E-state index < -0.39 is 0 Å². The Balaban J connectivity index is 1.88. The van der Waals surface area contributed by atoms with Crippen LogP contribution in [0.25, 0.3) is 0 Å². The normalized spacial score (nSPS) is 18.4. The van der Waals surface area contributed by atoms with Crippen LogP contribution in [0.15, 0.2) is 0 Å². The Hall–Kier alpha value is -0.450. The van der Waals surface area contributed by atoms with Gasteiger partial charge in [0.2, 0.25) is 0 Å². The Kier molecular flexibility index (Phi) is 5.37. The largest absolute Gasteiger partial charge is 0.310 e. The third-order valence-electron chi connectivity index (χ3n) is 3.84. The highest BCUT2D eigenvalue weighted by Gasteiger charge is 2.17. The first-order chi connectivity index (χ1) is 9.04. The highest BCUT2D eigenvalue weighted by Crippen LogP contribution is 2.22. The molecule has 1 N–H and O–H groups in total. The van der Waals surface area contributed by atoms with Gasteiger partial charge in [-0.1, -0.05) is 20.8 Å². The maximum Gasteiger partial charge on any atom is 0.107 e. The molecule has 1 aromatic heterocycles. The number of thiazole rings is 1. The van der Waals surface area contributed by atoms with Gasteiger partial charge in [0.15, 0.2) is 0 Å². The summed E-state index contributed by atoms with van der Waals surface area (Å²) in [6.07, 6.45) is 2.68. The minimum Gasteiger partial charge on any atom is -0.310 e. The second kappa shape index (κ2) is 6.82. The van der Waals surface area contributed by atoms with E-state index in [2.05, 4.69) is 37.9 Å². The summed E-state index contributed by atoms with van der Waals surface area (Å²) in [6.45, 7) is 13.3. The SMILES string of the molecule is Cc1nc(CN2CCC(C)CC2)sc1CNC(C)C. The van der Waals surface area contributed by atoms with Gasteiger partial charge in [-0.25, -0.2) is 4.98 Å². The minimum atomic E-state index is 0.536. The summed E-state index contributed by atoms with van der Waals surface area (Å²) in [7, 11) is 0. The molecule has 2 rings (SSSR count). The van der Waals surface area contributed by atoms with Gasteiger partial charge in [0.1, 0.15) is 5.01 Å². The lowest BCUT2D eigenvalue weighted by Crippen LogP contribution is -2.32. The van der Waals surface area contributed by atoms with Crippen molar-refractivity contribution in [2.75, 3.05) is 13.1 Å². The van der Waals surface area contributed by atoms with Crippen LogP contribution in [-0.2, 0) is 13.1 Å². The molecule has 108 valence electrons. The topological polar surface area (TPSA) is 28.2 Å². The first-order valence-corrected chi connectivity index (χ1v) is 8.27. The fraction of sp³-hybridized carbons (Fsp3) is 0.800. The number of nitrogens with one attached hydrogen (secondary N) is 1. The van der Waals surface area contributed by atoms with Gasteiger partial charge >= 0.3 is 0 Å². The summed E-state index contributed by atoms with van der Waals surface area (Å²) in [5, 5.41) is 4.77. The van der Waals surface area contributed by atoms with E-state index in [9.17, 15) is 0 Å². The van der Waals surface area contributed by atoms with Crippen LogP contribution in [0.1, 0.15) is 49.2 Å². The van der Waals surface area contributed by atoms with Crippen LogP contribution >= 0.6 is 11.3 Å². The smallest absolute Gasteiger partial charge is 0.107 e. The predicted octanol–water partition coefficient (Wildman–Crippen LogP) is 3.18. The third-order valence-corrected chi connectivity index (χ3v) is 4.99. The Labute approximate surface area is 121 Å². The molecule has 1 fully saturated rings. The molecular weight excluding hydrogens is 254 g/mol. The van der Waals surface area contributed by atoms with Gasteiger partial charge in [0.05, 0.1) is 12.2 Å². The molecular formula is C15H27N3S. The first-order valence-electron chi connectivity index (χ1n) is 7.45. The Morgan fingerprint density at radius 3 is 2.68 bits per heavy atom. The molecule has 19 heavy (non-hydrogen) atoms. The van der Waals surface area contributed by atoms with E-state index in [1.54, 1.807) is 0 Å². The molecule has 0 spiro atoms. The van der Waals surface area contributed by atoms with E-state index in [-0.39, 0.29) is 0 Å². The van der Waals surface area contributed by atoms with E-state index in [0.29, 0.717) is 6.04 Å². The van der Waals surface area contributed by atoms with Crippen LogP contribution in [-0.4, -0.2) is 29.0 Å². The van der Waals surface area contributed by atoms with Crippen LogP contribution in [0.4, 0.5) is 0 Å². The van der Waals surface area contributed by atoms with Gasteiger partial charge in [-0.2, -0.15) is 0 Å². The van der Waals surface area contributed by atoms with Crippen molar-refractivity contribution < 1.29 is 0 Å². The van der Waals surface area contributed by atoms with E-state index in [0.717, 1.165) is 19.0 Å². The number of aryl methyl sites for hydroxylation is 1. The van der Waals surface area contributed by atoms with Crippen molar-refractivity contribution in [3.8, 4) is 0 Å². The summed E-state index contributed by atoms with van der Waals surface area (Å²) < 4.78 is 0. The van der Waals surface area contributed by atoms with Crippen molar-refractivity contribution in [1.82, 2.24) is 15.2 Å². The Morgan fingerprint density at radius 2 is 2.05 bits per heavy atom. The maximum absolute atomic E-state index is 4.74. The van der Waals surface area contributed by atoms with Crippen LogP contribution < -0.4 is 5.32 Å². The van der Waals surface area contributed by atoms with Crippen LogP contribution in [0.5, 0.6) is 0 Å². The zero-order valence-electron chi connectivity index (χ0n) is 12.7. The van der Waals surface area contributed by atoms with Gasteiger partial charge in [-0.05, 0) is 38.8 Å². The molecule has 1 aliphatic rings. The highest BCUT2D eigenvalue weighted by atomic mass is 32.1. The fourth-order valence-electron chi connectivity index (χ4n) is 2.43. The Morgan fingerprint density at radius 1 is 1.37 bits per heavy atom. The number of hydrogen-bond acceptors (Lipinski definition) is 4. The Bertz CT molecular complexity index is 392. The molecule has 0 saturated carbocycles. The number of rotatable bonds is 5. The number of likely N-dealkylation sites (tertiary alicyclic amines) is 1. The van der Waals surface area contributed by atoms with Gasteiger partial charge < -0.3 is 5.32 Å². The standard InChI is InChI=1S/C15H27N3S/c1-11(2)16-9-14-13(4)17-15(19-14)10-18-7-5-12(3)6-8-18/h11-12,16H,5-10H2,1-4H3. The average Bonchev–Trinajstić information content (AvgIpc) is 2.70. The van der Waals surface area contributed by atoms with Crippen molar-refractivity contribution in [2.24, 2.45) is 5.92 Å². The van der Waals surface area contributed by atoms with Crippen molar-refractivity contribution in [3.63, 3.8) is 0 Å². The zero-order chi connectivity index (χ0) is 13.8. The van der Waals surface area contributed by atoms with Crippen LogP contribution in [0, 0.1) is 12.8 Å². The summed E-state index contributed by atoms with van der Waals surface area (Å²) in [6, 6.07) is 0.536. The van der Waals surface area contributed by atoms with Crippen molar-refractivity contribution in [2.45, 2.75) is 59.7 Å². The van der Waals surface area contributed by atoms with E-state index in [4.69, 9.17) is 4.98 Å². The van der Waals surface area contributed by atoms with Gasteiger partial charge in [-0.3, -0.25) is 4.90 Å². The van der Waals surface area contributed by atoms with Crippen LogP contribution in [0.2, 0.25) is 0 Å². The van der Waals surface area contributed by atoms with Gasteiger partial charge in [0.25, 0.3) is 0 Å². The molecule has 0 aliphatic carbocycles. The molecule has 1 aliphatic heterocycles. The van der Waals surface area contributed by atoms with Crippen LogP contribution in [0.3, 0.4) is 0 Å². The number of piperidine rings is 1. The predicted molar refractivity (Wildman–Crippen MR) is 82.5 cm³/mol. The van der Waals surface area contributed by atoms with E-state index >= 15 is 0 Å². The van der Waals surface area contributed by atoms with E-state index in [1.165, 1.54) is 41.5 Å². The molecule has 0 radical (unpaired) electrons. The van der Waals surface area contributed by atoms with Crippen molar-refractivity contribution in [1.29, 1.82) is 0 Å². The molecule has 1 aromatic rings. The molecule has 1 saturated heterocycles. The summed E-state index contributed by atoms with van der Waals surface area (Å²) in [4.78, 5) is 8.69. The monoisotopic (exact) mass is 281 g/mol. The first kappa shape index (κ1) is 14.9. The number of nitrogens with zero attached hydrogens (tertiary/aromatic N) is 2. The van der Waals surface area contributed by atoms with E-state index in [1.807, 2.05) is 11.3 Å². The molecule has 0 atom stereocenters. The third kappa shape index (κ3) is 4.55. The number of aromatic nitrogens is 1. The van der Waals surface area contributed by atoms with Gasteiger partial charge in [0, 0.05) is 17.5 Å². The quantitative estimate of drug-likeness (QED) is 0.898. The molecule has 0 aromatic carbocycles. The lowest BCUT2D eigenvalue weighted by atomic mass is 9.99. The molecule has 0 bridgehead atoms. The molecule has 0 unspecified atom stereocenters. The maximum atomic E-state index is 4.74. The zero-order valence-corrected chi connectivity index (χ0v) is 13.5. The lowest BCUT2D eigenvalue weighted by Gasteiger charge is -2.29. The van der Waals surface area contributed by atoms with Crippen molar-refractivity contribution in [3.05, 3.63) is 15.6 Å². The lowest BCUT2D eigenvalue weighted by molar-refractivity contribution is 0.185. The fourth-order valence-corrected chi connectivity index (χ4v) is 3.49. The van der Waals surface area contributed by atoms with Crippen molar-refractivity contribution >= 4 is 11.3 Å². The summed E-state index contributed by atoms with van der Waals surface area (Å²) in [5.41, 5.74) is 1.21. The number of hydrogen-bond donors (Lipinski definition) is 1. The molecule has 2 heterocycles. The minimum absolute atomic E-state index is 0.536. The summed E-state index contributed by atoms with van der Waals surface area (Å²) in [5.74, 6) is 0.903. The second-order valence-electron chi connectivity index (χ2n) is 6.11.